The van der Waals surface area contributed by atoms with Crippen LogP contribution < -0.4 is 0 Å². The van der Waals surface area contributed by atoms with Crippen LogP contribution in [-0.4, -0.2) is 37.3 Å². The lowest BCUT2D eigenvalue weighted by Gasteiger charge is -2.25. The van der Waals surface area contributed by atoms with Crippen molar-refractivity contribution in [2.75, 3.05) is 27.2 Å². The molecule has 9 heavy (non-hydrogen) atoms. The van der Waals surface area contributed by atoms with Crippen LogP contribution in [0.1, 0.15) is 13.8 Å². The molecule has 0 radical (unpaired) electrons. The van der Waals surface area contributed by atoms with Gasteiger partial charge in [0.25, 0.3) is 0 Å². The Bertz CT molecular complexity index is 79.0. The first-order chi connectivity index (χ1) is 3.98. The maximum atomic E-state index is 8.82. The zero-order valence-electron chi connectivity index (χ0n) is 6.81. The van der Waals surface area contributed by atoms with Crippen molar-refractivity contribution in [3.8, 4) is 0 Å². The summed E-state index contributed by atoms with van der Waals surface area (Å²) in [4.78, 5) is 2.08. The molecule has 56 valence electrons. The minimum atomic E-state index is 0.0451. The number of aliphatic hydroxyl groups excluding tert-OH is 1. The van der Waals surface area contributed by atoms with E-state index in [2.05, 4.69) is 4.90 Å². The third-order valence-electron chi connectivity index (χ3n) is 1.17. The van der Waals surface area contributed by atoms with Gasteiger partial charge in [-0.3, -0.25) is 0 Å². The van der Waals surface area contributed by atoms with Crippen LogP contribution in [0.5, 0.6) is 0 Å². The molecule has 0 aromatic rings. The van der Waals surface area contributed by atoms with Crippen LogP contribution >= 0.6 is 0 Å². The maximum Gasteiger partial charge on any atom is 0.0494 e. The van der Waals surface area contributed by atoms with Crippen molar-refractivity contribution in [2.24, 2.45) is 5.41 Å². The third-order valence-corrected chi connectivity index (χ3v) is 1.17. The van der Waals surface area contributed by atoms with Crippen LogP contribution in [0.2, 0.25) is 0 Å². The minimum Gasteiger partial charge on any atom is -0.396 e. The molecule has 0 saturated heterocycles. The van der Waals surface area contributed by atoms with Crippen molar-refractivity contribution < 1.29 is 5.11 Å². The quantitative estimate of drug-likeness (QED) is 0.605. The Kier molecular flexibility index (Phi) is 3.15. The van der Waals surface area contributed by atoms with Gasteiger partial charge in [0.1, 0.15) is 0 Å². The molecule has 1 N–H and O–H groups in total. The molecule has 0 atom stereocenters. The monoisotopic (exact) mass is 131 g/mol. The fourth-order valence-corrected chi connectivity index (χ4v) is 0.906. The molecule has 0 amide bonds. The Labute approximate surface area is 57.5 Å². The molecule has 0 aliphatic carbocycles. The Morgan fingerprint density at radius 3 is 1.89 bits per heavy atom. The average Bonchev–Trinajstić information content (AvgIpc) is 1.63. The molecule has 0 aromatic carbocycles. The molecule has 2 heteroatoms. The summed E-state index contributed by atoms with van der Waals surface area (Å²) in [5.41, 5.74) is 0.0451. The van der Waals surface area contributed by atoms with Crippen LogP contribution in [0.4, 0.5) is 0 Å². The van der Waals surface area contributed by atoms with E-state index in [0.29, 0.717) is 0 Å². The van der Waals surface area contributed by atoms with Crippen molar-refractivity contribution >= 4 is 0 Å². The number of aliphatic hydroxyl groups is 1. The molecular formula is C7H17NO. The Morgan fingerprint density at radius 2 is 1.78 bits per heavy atom. The first kappa shape index (κ1) is 8.92. The molecule has 0 aromatic heterocycles. The molecule has 0 aliphatic heterocycles. The fraction of sp³-hybridized carbons (Fsp3) is 1.00. The molecule has 0 unspecified atom stereocenters. The lowest BCUT2D eigenvalue weighted by molar-refractivity contribution is 0.125. The summed E-state index contributed by atoms with van der Waals surface area (Å²) in [6, 6.07) is 0. The molecule has 0 spiro atoms. The highest BCUT2D eigenvalue weighted by Crippen LogP contribution is 2.13. The van der Waals surface area contributed by atoms with E-state index < -0.39 is 0 Å². The van der Waals surface area contributed by atoms with Crippen molar-refractivity contribution in [3.05, 3.63) is 0 Å². The van der Waals surface area contributed by atoms with Gasteiger partial charge in [-0.25, -0.2) is 0 Å². The lowest BCUT2D eigenvalue weighted by atomic mass is 9.95. The van der Waals surface area contributed by atoms with Crippen molar-refractivity contribution in [1.29, 1.82) is 0 Å². The van der Waals surface area contributed by atoms with E-state index in [1.54, 1.807) is 0 Å². The zero-order chi connectivity index (χ0) is 7.49. The number of hydrogen-bond donors (Lipinski definition) is 1. The van der Waals surface area contributed by atoms with E-state index in [-0.39, 0.29) is 12.0 Å². The van der Waals surface area contributed by atoms with Gasteiger partial charge in [-0.1, -0.05) is 13.8 Å². The van der Waals surface area contributed by atoms with Crippen LogP contribution in [0, 0.1) is 5.41 Å². The molecule has 0 bridgehead atoms. The van der Waals surface area contributed by atoms with Gasteiger partial charge in [-0.15, -0.1) is 0 Å². The second-order valence-corrected chi connectivity index (χ2v) is 3.56. The summed E-state index contributed by atoms with van der Waals surface area (Å²) in [6.07, 6.45) is 0. The summed E-state index contributed by atoms with van der Waals surface area (Å²) in [5, 5.41) is 8.82. The second kappa shape index (κ2) is 3.18. The van der Waals surface area contributed by atoms with Crippen LogP contribution in [0.25, 0.3) is 0 Å². The summed E-state index contributed by atoms with van der Waals surface area (Å²) in [7, 11) is 4.02. The molecule has 0 rings (SSSR count). The number of rotatable bonds is 3. The second-order valence-electron chi connectivity index (χ2n) is 3.56. The summed E-state index contributed by atoms with van der Waals surface area (Å²) >= 11 is 0. The summed E-state index contributed by atoms with van der Waals surface area (Å²) < 4.78 is 0. The van der Waals surface area contributed by atoms with Gasteiger partial charge < -0.3 is 10.0 Å². The van der Waals surface area contributed by atoms with Gasteiger partial charge in [-0.2, -0.15) is 0 Å². The highest BCUT2D eigenvalue weighted by Gasteiger charge is 2.16. The highest BCUT2D eigenvalue weighted by molar-refractivity contribution is 4.68. The first-order valence-corrected chi connectivity index (χ1v) is 3.23. The van der Waals surface area contributed by atoms with E-state index in [1.807, 2.05) is 27.9 Å². The molecule has 0 heterocycles. The van der Waals surface area contributed by atoms with Gasteiger partial charge in [0, 0.05) is 18.6 Å². The molecule has 2 nitrogen and oxygen atoms in total. The average molecular weight is 131 g/mol. The SMILES string of the molecule is CN(C)CC(C)(C)CO. The number of nitrogens with zero attached hydrogens (tertiary/aromatic N) is 1. The number of hydrogen-bond acceptors (Lipinski definition) is 2. The van der Waals surface area contributed by atoms with Crippen LogP contribution in [-0.2, 0) is 0 Å². The van der Waals surface area contributed by atoms with Gasteiger partial charge >= 0.3 is 0 Å². The van der Waals surface area contributed by atoms with E-state index >= 15 is 0 Å². The van der Waals surface area contributed by atoms with Crippen molar-refractivity contribution in [3.63, 3.8) is 0 Å². The molecule has 0 fully saturated rings. The van der Waals surface area contributed by atoms with Gasteiger partial charge in [0.2, 0.25) is 0 Å². The first-order valence-electron chi connectivity index (χ1n) is 3.23. The Morgan fingerprint density at radius 1 is 1.33 bits per heavy atom. The standard InChI is InChI=1S/C7H17NO/c1-7(2,6-9)5-8(3)4/h9H,5-6H2,1-4H3. The fourth-order valence-electron chi connectivity index (χ4n) is 0.906. The third kappa shape index (κ3) is 4.43. The summed E-state index contributed by atoms with van der Waals surface area (Å²) in [6.45, 7) is 5.29. The van der Waals surface area contributed by atoms with Crippen LogP contribution in [0.3, 0.4) is 0 Å². The van der Waals surface area contributed by atoms with E-state index in [1.165, 1.54) is 0 Å². The lowest BCUT2D eigenvalue weighted by Crippen LogP contribution is -2.31. The minimum absolute atomic E-state index is 0.0451. The van der Waals surface area contributed by atoms with Gasteiger partial charge in [0.15, 0.2) is 0 Å². The predicted molar refractivity (Wildman–Crippen MR) is 39.4 cm³/mol. The van der Waals surface area contributed by atoms with Crippen molar-refractivity contribution in [1.82, 2.24) is 4.90 Å². The van der Waals surface area contributed by atoms with E-state index in [4.69, 9.17) is 5.11 Å². The Hall–Kier alpha value is -0.0800. The molecular weight excluding hydrogens is 114 g/mol. The molecule has 0 aliphatic rings. The normalized spacial score (nSPS) is 12.7. The van der Waals surface area contributed by atoms with E-state index in [9.17, 15) is 0 Å². The maximum absolute atomic E-state index is 8.82. The van der Waals surface area contributed by atoms with Crippen LogP contribution in [0.15, 0.2) is 0 Å². The summed E-state index contributed by atoms with van der Waals surface area (Å²) in [5.74, 6) is 0. The zero-order valence-corrected chi connectivity index (χ0v) is 6.81. The smallest absolute Gasteiger partial charge is 0.0494 e. The van der Waals surface area contributed by atoms with Crippen molar-refractivity contribution in [2.45, 2.75) is 13.8 Å². The Balaban J connectivity index is 3.58. The topological polar surface area (TPSA) is 23.5 Å². The van der Waals surface area contributed by atoms with E-state index in [0.717, 1.165) is 6.54 Å². The van der Waals surface area contributed by atoms with Gasteiger partial charge in [0.05, 0.1) is 0 Å². The highest BCUT2D eigenvalue weighted by atomic mass is 16.3. The largest absolute Gasteiger partial charge is 0.396 e. The predicted octanol–water partition coefficient (Wildman–Crippen LogP) is 0.567. The molecule has 0 saturated carbocycles. The van der Waals surface area contributed by atoms with Gasteiger partial charge in [-0.05, 0) is 14.1 Å².